The largest absolute Gasteiger partial charge is 0.449 e. The van der Waals surface area contributed by atoms with Gasteiger partial charge in [-0.15, -0.1) is 0 Å². The number of nitrogens with two attached hydrogens (primary N) is 1. The average Bonchev–Trinajstić information content (AvgIpc) is 3.18. The van der Waals surface area contributed by atoms with E-state index in [0.29, 0.717) is 49.8 Å². The van der Waals surface area contributed by atoms with Crippen LogP contribution in [-0.4, -0.2) is 26.5 Å². The molecule has 2 aliphatic rings. The summed E-state index contributed by atoms with van der Waals surface area (Å²) in [5, 5.41) is 0. The van der Waals surface area contributed by atoms with E-state index in [1.807, 2.05) is 4.90 Å². The van der Waals surface area contributed by atoms with E-state index in [0.717, 1.165) is 10.6 Å². The molecule has 0 amide bonds. The summed E-state index contributed by atoms with van der Waals surface area (Å²) in [6.45, 7) is 0.622. The van der Waals surface area contributed by atoms with E-state index in [9.17, 15) is 26.3 Å². The van der Waals surface area contributed by atoms with Crippen molar-refractivity contribution in [3.05, 3.63) is 52.4 Å². The van der Waals surface area contributed by atoms with Gasteiger partial charge in [0.25, 0.3) is 0 Å². The van der Waals surface area contributed by atoms with Crippen LogP contribution in [0.15, 0.2) is 12.1 Å². The van der Waals surface area contributed by atoms with Crippen molar-refractivity contribution in [3.8, 4) is 0 Å². The molecular formula is C19H20F6N4. The monoisotopic (exact) mass is 418 g/mol. The molecule has 1 aromatic carbocycles. The number of benzene rings is 1. The Labute approximate surface area is 163 Å². The maximum atomic E-state index is 14.1. The maximum absolute atomic E-state index is 14.1. The predicted molar refractivity (Wildman–Crippen MR) is 92.1 cm³/mol. The van der Waals surface area contributed by atoms with Crippen LogP contribution in [0.3, 0.4) is 0 Å². The molecular weight excluding hydrogens is 398 g/mol. The second-order valence-corrected chi connectivity index (χ2v) is 7.82. The third-order valence-electron chi connectivity index (χ3n) is 6.08. The van der Waals surface area contributed by atoms with Crippen molar-refractivity contribution in [2.24, 2.45) is 12.8 Å². The molecule has 1 saturated carbocycles. The second kappa shape index (κ2) is 7.02. The summed E-state index contributed by atoms with van der Waals surface area (Å²) in [6, 6.07) is 0.919. The molecule has 0 bridgehead atoms. The summed E-state index contributed by atoms with van der Waals surface area (Å²) < 4.78 is 81.0. The number of hydrogen-bond donors (Lipinski definition) is 1. The first-order valence-electron chi connectivity index (χ1n) is 9.32. The Morgan fingerprint density at radius 2 is 1.72 bits per heavy atom. The van der Waals surface area contributed by atoms with Crippen LogP contribution in [0.2, 0.25) is 0 Å². The van der Waals surface area contributed by atoms with Crippen LogP contribution in [0.4, 0.5) is 26.3 Å². The maximum Gasteiger partial charge on any atom is 0.449 e. The molecule has 3 atom stereocenters. The third-order valence-corrected chi connectivity index (χ3v) is 6.08. The van der Waals surface area contributed by atoms with E-state index in [-0.39, 0.29) is 11.6 Å². The lowest BCUT2D eigenvalue weighted by atomic mass is 9.77. The summed E-state index contributed by atoms with van der Waals surface area (Å²) in [5.74, 6) is -4.52. The molecule has 4 rings (SSSR count). The molecule has 1 unspecified atom stereocenters. The van der Waals surface area contributed by atoms with Crippen molar-refractivity contribution in [3.63, 3.8) is 0 Å². The van der Waals surface area contributed by atoms with E-state index >= 15 is 0 Å². The lowest BCUT2D eigenvalue weighted by Crippen LogP contribution is -2.44. The molecule has 2 aromatic rings. The number of aromatic nitrogens is 2. The van der Waals surface area contributed by atoms with Gasteiger partial charge in [-0.3, -0.25) is 4.90 Å². The van der Waals surface area contributed by atoms with Gasteiger partial charge in [-0.25, -0.2) is 18.2 Å². The van der Waals surface area contributed by atoms with E-state index < -0.39 is 41.4 Å². The zero-order valence-corrected chi connectivity index (χ0v) is 15.6. The highest BCUT2D eigenvalue weighted by Crippen LogP contribution is 2.39. The van der Waals surface area contributed by atoms with Gasteiger partial charge in [0.2, 0.25) is 5.82 Å². The number of fused-ring (bicyclic) bond motifs is 1. The second-order valence-electron chi connectivity index (χ2n) is 7.82. The smallest absolute Gasteiger partial charge is 0.327 e. The van der Waals surface area contributed by atoms with Gasteiger partial charge >= 0.3 is 6.18 Å². The Kier molecular flexibility index (Phi) is 4.89. The number of imidazole rings is 1. The molecule has 0 saturated heterocycles. The summed E-state index contributed by atoms with van der Waals surface area (Å²) >= 11 is 0. The Morgan fingerprint density at radius 1 is 1.03 bits per heavy atom. The van der Waals surface area contributed by atoms with Crippen LogP contribution in [0.5, 0.6) is 0 Å². The van der Waals surface area contributed by atoms with Crippen LogP contribution in [0.25, 0.3) is 0 Å². The molecule has 0 radical (unpaired) electrons. The molecule has 29 heavy (non-hydrogen) atoms. The molecule has 10 heteroatoms. The van der Waals surface area contributed by atoms with Gasteiger partial charge in [0.1, 0.15) is 5.82 Å². The summed E-state index contributed by atoms with van der Waals surface area (Å²) in [4.78, 5) is 5.78. The number of rotatable bonds is 2. The number of nitrogens with zero attached hydrogens (tertiary/aromatic N) is 3. The number of hydrogen-bond acceptors (Lipinski definition) is 3. The Hall–Kier alpha value is -2.07. The highest BCUT2D eigenvalue weighted by molar-refractivity contribution is 5.27. The predicted octanol–water partition coefficient (Wildman–Crippen LogP) is 3.84. The molecule has 1 aliphatic heterocycles. The SMILES string of the molecule is Cn1c(C(F)(F)F)nc2c1CN([C@H]1CC[C@H](c3cc(F)c(F)cc3F)C(N)C1)C2. The zero-order valence-electron chi connectivity index (χ0n) is 15.6. The normalized spacial score (nSPS) is 25.4. The van der Waals surface area contributed by atoms with Gasteiger partial charge in [-0.1, -0.05) is 0 Å². The van der Waals surface area contributed by atoms with Crippen molar-refractivity contribution >= 4 is 0 Å². The van der Waals surface area contributed by atoms with Gasteiger partial charge in [0.05, 0.1) is 11.4 Å². The van der Waals surface area contributed by atoms with Crippen molar-refractivity contribution in [2.45, 2.75) is 56.5 Å². The Balaban J connectivity index is 1.46. The van der Waals surface area contributed by atoms with E-state index in [1.54, 1.807) is 0 Å². The van der Waals surface area contributed by atoms with E-state index in [4.69, 9.17) is 5.73 Å². The highest BCUT2D eigenvalue weighted by Gasteiger charge is 2.42. The minimum absolute atomic E-state index is 0.00172. The molecule has 1 fully saturated rings. The Bertz CT molecular complexity index is 938. The van der Waals surface area contributed by atoms with E-state index in [2.05, 4.69) is 4.98 Å². The first kappa shape index (κ1) is 20.2. The van der Waals surface area contributed by atoms with Crippen molar-refractivity contribution in [2.75, 3.05) is 0 Å². The number of halogens is 6. The van der Waals surface area contributed by atoms with Crippen molar-refractivity contribution in [1.82, 2.24) is 14.5 Å². The fourth-order valence-electron chi connectivity index (χ4n) is 4.59. The molecule has 2 N–H and O–H groups in total. The lowest BCUT2D eigenvalue weighted by Gasteiger charge is -2.38. The van der Waals surface area contributed by atoms with E-state index in [1.165, 1.54) is 7.05 Å². The standard InChI is InChI=1S/C19H20F6N4/c1-28-17-8-29(7-16(17)27-18(28)19(23,24)25)9-2-3-10(15(26)4-9)11-5-13(21)14(22)6-12(11)20/h5-6,9-10,15H,2-4,7-8,26H2,1H3/t9-,10+,15?/m0/s1. The molecule has 158 valence electrons. The van der Waals surface area contributed by atoms with Crippen molar-refractivity contribution < 1.29 is 26.3 Å². The fraction of sp³-hybridized carbons (Fsp3) is 0.526. The first-order valence-corrected chi connectivity index (χ1v) is 9.32. The summed E-state index contributed by atoms with van der Waals surface area (Å²) in [7, 11) is 1.35. The van der Waals surface area contributed by atoms with Gasteiger partial charge in [-0.05, 0) is 30.9 Å². The zero-order chi connectivity index (χ0) is 21.1. The van der Waals surface area contributed by atoms with Crippen LogP contribution >= 0.6 is 0 Å². The van der Waals surface area contributed by atoms with Crippen LogP contribution in [0, 0.1) is 17.5 Å². The van der Waals surface area contributed by atoms with Crippen LogP contribution in [0.1, 0.15) is 48.0 Å². The first-order chi connectivity index (χ1) is 13.6. The molecule has 0 spiro atoms. The molecule has 1 aromatic heterocycles. The molecule has 2 heterocycles. The topological polar surface area (TPSA) is 47.1 Å². The number of alkyl halides is 3. The van der Waals surface area contributed by atoms with Gasteiger partial charge in [0.15, 0.2) is 11.6 Å². The quantitative estimate of drug-likeness (QED) is 0.596. The van der Waals surface area contributed by atoms with Crippen LogP contribution < -0.4 is 5.73 Å². The summed E-state index contributed by atoms with van der Waals surface area (Å²) in [5.41, 5.74) is 7.24. The van der Waals surface area contributed by atoms with Gasteiger partial charge in [0, 0.05) is 44.2 Å². The summed E-state index contributed by atoms with van der Waals surface area (Å²) in [6.07, 6.45) is -2.93. The minimum atomic E-state index is -4.50. The van der Waals surface area contributed by atoms with Gasteiger partial charge in [-0.2, -0.15) is 13.2 Å². The lowest BCUT2D eigenvalue weighted by molar-refractivity contribution is -0.147. The third kappa shape index (κ3) is 3.52. The average molecular weight is 418 g/mol. The van der Waals surface area contributed by atoms with Crippen molar-refractivity contribution in [1.29, 1.82) is 0 Å². The molecule has 4 nitrogen and oxygen atoms in total. The highest BCUT2D eigenvalue weighted by atomic mass is 19.4. The fourth-order valence-corrected chi connectivity index (χ4v) is 4.59. The molecule has 1 aliphatic carbocycles. The Morgan fingerprint density at radius 3 is 2.34 bits per heavy atom. The minimum Gasteiger partial charge on any atom is -0.327 e. The van der Waals surface area contributed by atoms with Gasteiger partial charge < -0.3 is 10.3 Å². The van der Waals surface area contributed by atoms with Crippen LogP contribution in [-0.2, 0) is 26.3 Å².